The Morgan fingerprint density at radius 1 is 0.875 bits per heavy atom. The third-order valence-corrected chi connectivity index (χ3v) is 5.97. The first kappa shape index (κ1) is 28.1. The normalized spacial score (nSPS) is 11.1. The molecular weight excluding hydrogens is 506 g/mol. The van der Waals surface area contributed by atoms with Crippen LogP contribution in [0.1, 0.15) is 47.9 Å². The van der Waals surface area contributed by atoms with Crippen LogP contribution in [0.4, 0.5) is 16.2 Å². The summed E-state index contributed by atoms with van der Waals surface area (Å²) in [6.07, 6.45) is 1.58. The molecule has 0 saturated carbocycles. The molecule has 0 bridgehead atoms. The summed E-state index contributed by atoms with van der Waals surface area (Å²) in [5.41, 5.74) is 9.86. The third kappa shape index (κ3) is 7.35. The summed E-state index contributed by atoms with van der Waals surface area (Å²) >= 11 is 0. The highest BCUT2D eigenvalue weighted by molar-refractivity contribution is 6.08. The zero-order valence-corrected chi connectivity index (χ0v) is 22.8. The van der Waals surface area contributed by atoms with Crippen LogP contribution in [0.3, 0.4) is 0 Å². The smallest absolute Gasteiger partial charge is 0.407 e. The number of nitrogens with one attached hydrogen (secondary N) is 3. The molecule has 9 heteroatoms. The number of hydrogen-bond acceptors (Lipinski definition) is 6. The molecule has 0 radical (unpaired) electrons. The second-order valence-electron chi connectivity index (χ2n) is 10.2. The largest absolute Gasteiger partial charge is 0.444 e. The predicted molar refractivity (Wildman–Crippen MR) is 157 cm³/mol. The van der Waals surface area contributed by atoms with E-state index in [1.807, 2.05) is 60.7 Å². The Labute approximate surface area is 233 Å². The fourth-order valence-corrected chi connectivity index (χ4v) is 4.07. The fourth-order valence-electron chi connectivity index (χ4n) is 4.07. The maximum Gasteiger partial charge on any atom is 0.407 e. The van der Waals surface area contributed by atoms with Crippen LogP contribution < -0.4 is 21.7 Å². The highest BCUT2D eigenvalue weighted by Crippen LogP contribution is 2.32. The molecule has 0 atom stereocenters. The van der Waals surface area contributed by atoms with E-state index in [2.05, 4.69) is 20.9 Å². The maximum absolute atomic E-state index is 12.5. The van der Waals surface area contributed by atoms with Crippen molar-refractivity contribution in [2.75, 3.05) is 18.4 Å². The fraction of sp³-hybridized carbons (Fsp3) is 0.226. The second kappa shape index (κ2) is 12.3. The van der Waals surface area contributed by atoms with Crippen LogP contribution in [-0.4, -0.2) is 41.6 Å². The van der Waals surface area contributed by atoms with Crippen LogP contribution in [0.5, 0.6) is 0 Å². The number of anilines is 2. The van der Waals surface area contributed by atoms with Crippen LogP contribution in [-0.2, 0) is 4.74 Å². The first-order valence-electron chi connectivity index (χ1n) is 13.0. The van der Waals surface area contributed by atoms with Gasteiger partial charge in [-0.05, 0) is 68.7 Å². The highest BCUT2D eigenvalue weighted by Gasteiger charge is 2.16. The lowest BCUT2D eigenvalue weighted by Crippen LogP contribution is -2.34. The van der Waals surface area contributed by atoms with Crippen molar-refractivity contribution in [3.8, 4) is 11.1 Å². The van der Waals surface area contributed by atoms with E-state index in [0.717, 1.165) is 22.2 Å². The molecule has 1 aromatic heterocycles. The molecule has 0 fully saturated rings. The van der Waals surface area contributed by atoms with E-state index in [4.69, 9.17) is 10.5 Å². The first-order chi connectivity index (χ1) is 19.1. The van der Waals surface area contributed by atoms with E-state index in [1.165, 1.54) is 6.20 Å². The maximum atomic E-state index is 12.5. The van der Waals surface area contributed by atoms with Crippen molar-refractivity contribution in [2.24, 2.45) is 5.73 Å². The number of rotatable bonds is 9. The molecule has 0 spiro atoms. The number of amides is 3. The Bertz CT molecular complexity index is 1510. The van der Waals surface area contributed by atoms with Crippen LogP contribution in [0.25, 0.3) is 22.0 Å². The number of fused-ring (bicyclic) bond motifs is 1. The Morgan fingerprint density at radius 2 is 1.55 bits per heavy atom. The number of benzene rings is 3. The molecule has 3 amide bonds. The minimum absolute atomic E-state index is 0.195. The lowest BCUT2D eigenvalue weighted by molar-refractivity contribution is 0.0527. The zero-order valence-electron chi connectivity index (χ0n) is 22.8. The van der Waals surface area contributed by atoms with Gasteiger partial charge < -0.3 is 26.4 Å². The van der Waals surface area contributed by atoms with Gasteiger partial charge in [0, 0.05) is 35.9 Å². The summed E-state index contributed by atoms with van der Waals surface area (Å²) in [5, 5.41) is 9.60. The van der Waals surface area contributed by atoms with Crippen molar-refractivity contribution in [1.82, 2.24) is 15.6 Å². The van der Waals surface area contributed by atoms with Crippen molar-refractivity contribution in [1.29, 1.82) is 0 Å². The number of nitrogens with zero attached hydrogens (tertiary/aromatic N) is 1. The lowest BCUT2D eigenvalue weighted by Gasteiger charge is -2.19. The number of alkyl carbamates (subject to hydrolysis) is 1. The number of carbonyl (C=O) groups excluding carboxylic acids is 3. The van der Waals surface area contributed by atoms with Crippen molar-refractivity contribution in [2.45, 2.75) is 32.8 Å². The van der Waals surface area contributed by atoms with Gasteiger partial charge in [-0.3, -0.25) is 14.6 Å². The number of carbonyl (C=O) groups is 3. The molecule has 0 unspecified atom stereocenters. The van der Waals surface area contributed by atoms with E-state index in [-0.39, 0.29) is 5.91 Å². The van der Waals surface area contributed by atoms with E-state index < -0.39 is 17.6 Å². The van der Waals surface area contributed by atoms with Gasteiger partial charge in [0.05, 0.1) is 16.8 Å². The Morgan fingerprint density at radius 3 is 2.23 bits per heavy atom. The van der Waals surface area contributed by atoms with Gasteiger partial charge in [0.1, 0.15) is 5.60 Å². The summed E-state index contributed by atoms with van der Waals surface area (Å²) in [6.45, 7) is 6.22. The number of pyridine rings is 1. The zero-order chi connectivity index (χ0) is 28.7. The molecule has 0 aliphatic heterocycles. The van der Waals surface area contributed by atoms with Crippen molar-refractivity contribution >= 4 is 40.2 Å². The topological polar surface area (TPSA) is 135 Å². The summed E-state index contributed by atoms with van der Waals surface area (Å²) in [4.78, 5) is 40.8. The Hall–Kier alpha value is -4.92. The number of primary amides is 1. The average Bonchev–Trinajstić information content (AvgIpc) is 2.92. The van der Waals surface area contributed by atoms with Gasteiger partial charge in [-0.2, -0.15) is 0 Å². The number of aromatic nitrogens is 1. The van der Waals surface area contributed by atoms with Gasteiger partial charge in [0.2, 0.25) is 0 Å². The minimum atomic E-state index is -0.565. The Balaban J connectivity index is 1.41. The Kier molecular flexibility index (Phi) is 8.63. The molecule has 3 aromatic carbocycles. The van der Waals surface area contributed by atoms with E-state index in [1.54, 1.807) is 32.9 Å². The lowest BCUT2D eigenvalue weighted by atomic mass is 10.0. The van der Waals surface area contributed by atoms with Gasteiger partial charge in [-0.1, -0.05) is 42.5 Å². The summed E-state index contributed by atoms with van der Waals surface area (Å²) < 4.78 is 5.19. The van der Waals surface area contributed by atoms with E-state index in [9.17, 15) is 14.4 Å². The summed E-state index contributed by atoms with van der Waals surface area (Å²) in [5.74, 6) is -0.760. The van der Waals surface area contributed by atoms with Crippen LogP contribution >= 0.6 is 0 Å². The molecule has 5 N–H and O–H groups in total. The predicted octanol–water partition coefficient (Wildman–Crippen LogP) is 5.39. The summed E-state index contributed by atoms with van der Waals surface area (Å²) in [7, 11) is 0. The van der Waals surface area contributed by atoms with Crippen molar-refractivity contribution < 1.29 is 19.1 Å². The molecule has 4 rings (SSSR count). The first-order valence-corrected chi connectivity index (χ1v) is 13.0. The number of ether oxygens (including phenoxy) is 1. The van der Waals surface area contributed by atoms with Gasteiger partial charge in [0.25, 0.3) is 11.8 Å². The molecular formula is C31H33N5O4. The number of nitrogens with two attached hydrogens (primary N) is 1. The van der Waals surface area contributed by atoms with Crippen LogP contribution in [0.2, 0.25) is 0 Å². The van der Waals surface area contributed by atoms with E-state index >= 15 is 0 Å². The van der Waals surface area contributed by atoms with Crippen LogP contribution in [0.15, 0.2) is 79.0 Å². The molecule has 206 valence electrons. The van der Waals surface area contributed by atoms with Gasteiger partial charge >= 0.3 is 6.09 Å². The molecule has 0 saturated heterocycles. The third-order valence-electron chi connectivity index (χ3n) is 5.97. The quantitative estimate of drug-likeness (QED) is 0.211. The minimum Gasteiger partial charge on any atom is -0.444 e. The molecule has 0 aliphatic carbocycles. The molecule has 1 heterocycles. The highest BCUT2D eigenvalue weighted by atomic mass is 16.6. The number of hydrogen-bond donors (Lipinski definition) is 4. The monoisotopic (exact) mass is 539 g/mol. The molecule has 40 heavy (non-hydrogen) atoms. The van der Waals surface area contributed by atoms with E-state index in [0.29, 0.717) is 41.8 Å². The summed E-state index contributed by atoms with van der Waals surface area (Å²) in [6, 6.07) is 22.6. The second-order valence-corrected chi connectivity index (χ2v) is 10.2. The van der Waals surface area contributed by atoms with Crippen LogP contribution in [0, 0.1) is 0 Å². The van der Waals surface area contributed by atoms with Crippen molar-refractivity contribution in [3.05, 3.63) is 90.1 Å². The molecule has 9 nitrogen and oxygen atoms in total. The number of para-hydroxylation sites is 1. The SMILES string of the molecule is CC(C)(C)OC(=O)NCCCNC(=O)c1ccc(-c2ccc3c(Nc4ccccc4)c(C(N)=O)cnc3c2)cc1. The van der Waals surface area contributed by atoms with Gasteiger partial charge in [-0.25, -0.2) is 4.79 Å². The van der Waals surface area contributed by atoms with Gasteiger partial charge in [-0.15, -0.1) is 0 Å². The van der Waals surface area contributed by atoms with Gasteiger partial charge in [0.15, 0.2) is 0 Å². The average molecular weight is 540 g/mol. The van der Waals surface area contributed by atoms with Crippen molar-refractivity contribution in [3.63, 3.8) is 0 Å². The standard InChI is InChI=1S/C31H33N5O4/c1-31(2,3)40-30(39)34-17-7-16-33-29(38)21-12-10-20(11-13-21)22-14-15-24-26(18-22)35-19-25(28(32)37)27(24)36-23-8-5-4-6-9-23/h4-6,8-15,18-19H,7,16-17H2,1-3H3,(H2,32,37)(H,33,38)(H,34,39)(H,35,36). The molecule has 0 aliphatic rings. The molecule has 4 aromatic rings.